The molecule has 0 aliphatic carbocycles. The second-order valence-electron chi connectivity index (χ2n) is 5.97. The van der Waals surface area contributed by atoms with Crippen molar-refractivity contribution in [1.29, 1.82) is 5.41 Å². The second-order valence-corrected chi connectivity index (χ2v) is 6.48. The largest absolute Gasteiger partial charge is 0.379 e. The lowest BCUT2D eigenvalue weighted by atomic mass is 9.90. The van der Waals surface area contributed by atoms with Crippen molar-refractivity contribution in [2.24, 2.45) is 0 Å². The molecule has 0 radical (unpaired) electrons. The number of aliphatic hydroxyl groups is 1. The molecule has 0 amide bonds. The van der Waals surface area contributed by atoms with Crippen LogP contribution in [-0.2, 0) is 4.74 Å². The van der Waals surface area contributed by atoms with Crippen LogP contribution in [0.2, 0.25) is 0 Å². The summed E-state index contributed by atoms with van der Waals surface area (Å²) in [6.45, 7) is 3.03. The third-order valence-electron chi connectivity index (χ3n) is 4.07. The van der Waals surface area contributed by atoms with E-state index in [0.29, 0.717) is 12.2 Å². The standard InChI is InChI=1S/C17H21N3O2S/c1-17(21)15(16(18)11-2-4-13(23)5-3-11)14(6-8-19-17)20-12-7-9-22-10-12/h2-6,8,12,18-21,23H,7,9-10H2,1H3. The molecule has 1 fully saturated rings. The van der Waals surface area contributed by atoms with E-state index < -0.39 is 5.72 Å². The van der Waals surface area contributed by atoms with Gasteiger partial charge in [-0.05, 0) is 31.6 Å². The van der Waals surface area contributed by atoms with Crippen LogP contribution in [0.3, 0.4) is 0 Å². The number of nitrogens with one attached hydrogen (secondary N) is 3. The average molecular weight is 331 g/mol. The van der Waals surface area contributed by atoms with Gasteiger partial charge in [-0.25, -0.2) is 0 Å². The summed E-state index contributed by atoms with van der Waals surface area (Å²) in [5.74, 6) is 0. The molecular weight excluding hydrogens is 310 g/mol. The predicted octanol–water partition coefficient (Wildman–Crippen LogP) is 1.80. The van der Waals surface area contributed by atoms with Crippen LogP contribution in [0.25, 0.3) is 0 Å². The fourth-order valence-electron chi connectivity index (χ4n) is 2.84. The van der Waals surface area contributed by atoms with Gasteiger partial charge in [0.1, 0.15) is 0 Å². The first-order valence-electron chi connectivity index (χ1n) is 7.61. The Morgan fingerprint density at radius 1 is 1.43 bits per heavy atom. The summed E-state index contributed by atoms with van der Waals surface area (Å²) in [7, 11) is 0. The lowest BCUT2D eigenvalue weighted by Crippen LogP contribution is -2.48. The number of thiol groups is 1. The Bertz CT molecular complexity index is 659. The Hall–Kier alpha value is -1.76. The second kappa shape index (κ2) is 6.39. The zero-order valence-electron chi connectivity index (χ0n) is 13.0. The van der Waals surface area contributed by atoms with E-state index in [4.69, 9.17) is 10.1 Å². The summed E-state index contributed by atoms with van der Waals surface area (Å²) >= 11 is 4.27. The fraction of sp³-hybridized carbons (Fsp3) is 0.353. The number of hydrogen-bond acceptors (Lipinski definition) is 6. The fourth-order valence-corrected chi connectivity index (χ4v) is 2.99. The van der Waals surface area contributed by atoms with Gasteiger partial charge in [-0.2, -0.15) is 0 Å². The van der Waals surface area contributed by atoms with E-state index in [-0.39, 0.29) is 11.8 Å². The maximum absolute atomic E-state index is 10.7. The van der Waals surface area contributed by atoms with Crippen molar-refractivity contribution in [2.45, 2.75) is 30.0 Å². The molecule has 1 saturated heterocycles. The molecule has 23 heavy (non-hydrogen) atoms. The summed E-state index contributed by atoms with van der Waals surface area (Å²) in [6, 6.07) is 7.55. The molecule has 0 saturated carbocycles. The van der Waals surface area contributed by atoms with Gasteiger partial charge in [-0.1, -0.05) is 12.1 Å². The summed E-state index contributed by atoms with van der Waals surface area (Å²) < 4.78 is 5.39. The molecule has 122 valence electrons. The van der Waals surface area contributed by atoms with Crippen LogP contribution < -0.4 is 10.6 Å². The van der Waals surface area contributed by atoms with Gasteiger partial charge in [0.05, 0.1) is 23.9 Å². The minimum Gasteiger partial charge on any atom is -0.379 e. The maximum Gasteiger partial charge on any atom is 0.162 e. The SMILES string of the molecule is CC1(O)NC=CC(NC2CCOC2)=C1C(=N)c1ccc(S)cc1. The van der Waals surface area contributed by atoms with Gasteiger partial charge in [0, 0.05) is 29.0 Å². The molecule has 2 aliphatic heterocycles. The highest BCUT2D eigenvalue weighted by molar-refractivity contribution is 7.80. The summed E-state index contributed by atoms with van der Waals surface area (Å²) in [5, 5.41) is 25.6. The first-order chi connectivity index (χ1) is 11.0. The summed E-state index contributed by atoms with van der Waals surface area (Å²) in [6.07, 6.45) is 4.47. The van der Waals surface area contributed by atoms with Gasteiger partial charge < -0.3 is 20.5 Å². The van der Waals surface area contributed by atoms with Gasteiger partial charge >= 0.3 is 0 Å². The van der Waals surface area contributed by atoms with E-state index in [9.17, 15) is 5.11 Å². The van der Waals surface area contributed by atoms with Gasteiger partial charge in [-0.15, -0.1) is 12.6 Å². The van der Waals surface area contributed by atoms with Crippen molar-refractivity contribution in [3.8, 4) is 0 Å². The topological polar surface area (TPSA) is 77.4 Å². The monoisotopic (exact) mass is 331 g/mol. The van der Waals surface area contributed by atoms with Crippen molar-refractivity contribution in [3.63, 3.8) is 0 Å². The molecule has 0 aromatic heterocycles. The Morgan fingerprint density at radius 2 is 2.17 bits per heavy atom. The highest BCUT2D eigenvalue weighted by Gasteiger charge is 2.34. The van der Waals surface area contributed by atoms with Crippen molar-refractivity contribution in [2.75, 3.05) is 13.2 Å². The quantitative estimate of drug-likeness (QED) is 0.431. The van der Waals surface area contributed by atoms with Gasteiger partial charge in [0.15, 0.2) is 5.72 Å². The van der Waals surface area contributed by atoms with Gasteiger partial charge in [0.25, 0.3) is 0 Å². The van der Waals surface area contributed by atoms with E-state index >= 15 is 0 Å². The number of hydrogen-bond donors (Lipinski definition) is 5. The Balaban J connectivity index is 1.97. The Kier molecular flexibility index (Phi) is 4.48. The van der Waals surface area contributed by atoms with Crippen molar-refractivity contribution in [3.05, 3.63) is 53.4 Å². The first kappa shape index (κ1) is 16.1. The van der Waals surface area contributed by atoms with Crippen LogP contribution in [0, 0.1) is 5.41 Å². The van der Waals surface area contributed by atoms with E-state index in [1.54, 1.807) is 13.1 Å². The van der Waals surface area contributed by atoms with E-state index in [2.05, 4.69) is 23.3 Å². The molecule has 5 nitrogen and oxygen atoms in total. The predicted molar refractivity (Wildman–Crippen MR) is 92.8 cm³/mol. The molecule has 6 heteroatoms. The number of dihydropyridines is 1. The molecule has 2 aliphatic rings. The van der Waals surface area contributed by atoms with E-state index in [1.807, 2.05) is 30.3 Å². The van der Waals surface area contributed by atoms with Crippen molar-refractivity contribution < 1.29 is 9.84 Å². The van der Waals surface area contributed by atoms with Crippen LogP contribution in [0.1, 0.15) is 18.9 Å². The molecule has 2 heterocycles. The molecule has 2 atom stereocenters. The summed E-state index contributed by atoms with van der Waals surface area (Å²) in [4.78, 5) is 0.838. The third kappa shape index (κ3) is 3.44. The Labute approximate surface area is 141 Å². The highest BCUT2D eigenvalue weighted by atomic mass is 32.1. The van der Waals surface area contributed by atoms with Crippen LogP contribution in [0.15, 0.2) is 52.7 Å². The molecule has 4 N–H and O–H groups in total. The first-order valence-corrected chi connectivity index (χ1v) is 8.06. The highest BCUT2D eigenvalue weighted by Crippen LogP contribution is 2.26. The zero-order chi connectivity index (χ0) is 16.4. The third-order valence-corrected chi connectivity index (χ3v) is 4.36. The minimum atomic E-state index is -1.31. The van der Waals surface area contributed by atoms with Crippen LogP contribution >= 0.6 is 12.6 Å². The normalized spacial score (nSPS) is 27.0. The molecule has 2 unspecified atom stereocenters. The zero-order valence-corrected chi connectivity index (χ0v) is 13.9. The number of rotatable bonds is 4. The minimum absolute atomic E-state index is 0.200. The van der Waals surface area contributed by atoms with Crippen LogP contribution in [0.4, 0.5) is 0 Å². The van der Waals surface area contributed by atoms with E-state index in [1.165, 1.54) is 0 Å². The lowest BCUT2D eigenvalue weighted by molar-refractivity contribution is 0.0794. The molecule has 0 spiro atoms. The van der Waals surface area contributed by atoms with Crippen LogP contribution in [0.5, 0.6) is 0 Å². The molecule has 0 bridgehead atoms. The number of ether oxygens (including phenoxy) is 1. The van der Waals surface area contributed by atoms with Crippen molar-refractivity contribution in [1.82, 2.24) is 10.6 Å². The maximum atomic E-state index is 10.7. The molecule has 3 rings (SSSR count). The van der Waals surface area contributed by atoms with Gasteiger partial charge in [0.2, 0.25) is 0 Å². The van der Waals surface area contributed by atoms with Crippen molar-refractivity contribution >= 4 is 18.3 Å². The van der Waals surface area contributed by atoms with Gasteiger partial charge in [-0.3, -0.25) is 5.41 Å². The molecule has 1 aromatic carbocycles. The number of allylic oxidation sites excluding steroid dienone is 1. The van der Waals surface area contributed by atoms with E-state index in [0.717, 1.165) is 29.2 Å². The lowest BCUT2D eigenvalue weighted by Gasteiger charge is -2.33. The van der Waals surface area contributed by atoms with Crippen LogP contribution in [-0.4, -0.2) is 35.8 Å². The Morgan fingerprint density at radius 3 is 2.83 bits per heavy atom. The number of benzene rings is 1. The average Bonchev–Trinajstić information content (AvgIpc) is 3.00. The summed E-state index contributed by atoms with van der Waals surface area (Å²) in [5.41, 5.74) is 0.981. The smallest absolute Gasteiger partial charge is 0.162 e. The molecule has 1 aromatic rings. The molecular formula is C17H21N3O2S.